The minimum Gasteiger partial charge on any atom is -0.297 e. The lowest BCUT2D eigenvalue weighted by atomic mass is 10.2. The normalized spacial score (nSPS) is 10.8. The van der Waals surface area contributed by atoms with Crippen molar-refractivity contribution in [3.05, 3.63) is 58.7 Å². The van der Waals surface area contributed by atoms with E-state index in [4.69, 9.17) is 23.2 Å². The van der Waals surface area contributed by atoms with E-state index in [0.29, 0.717) is 27.2 Å². The molecule has 0 bridgehead atoms. The minimum atomic E-state index is -0.599. The molecule has 0 amide bonds. The number of benzene rings is 1. The van der Waals surface area contributed by atoms with Gasteiger partial charge in [0, 0.05) is 9.50 Å². The fraction of sp³-hybridized carbons (Fsp3) is 0.231. The van der Waals surface area contributed by atoms with Crippen LogP contribution < -0.4 is 11.2 Å². The fourth-order valence-corrected chi connectivity index (χ4v) is 2.97. The third-order valence-corrected chi connectivity index (χ3v) is 4.33. The summed E-state index contributed by atoms with van der Waals surface area (Å²) in [7, 11) is 0. The van der Waals surface area contributed by atoms with Gasteiger partial charge in [-0.25, -0.2) is 9.36 Å². The summed E-state index contributed by atoms with van der Waals surface area (Å²) in [5.74, 6) is 0. The Balaban J connectivity index is 2.87. The summed E-state index contributed by atoms with van der Waals surface area (Å²) in [6, 6.07) is 3.33. The van der Waals surface area contributed by atoms with Gasteiger partial charge in [-0.1, -0.05) is 30.1 Å². The monoisotopic (exact) mass is 376 g/mol. The Hall–Kier alpha value is -1.04. The first-order valence-corrected chi connectivity index (χ1v) is 7.41. The number of aromatic nitrogens is 2. The van der Waals surface area contributed by atoms with Crippen LogP contribution in [-0.2, 0) is 6.42 Å². The largest absolute Gasteiger partial charge is 0.334 e. The molecule has 0 radical (unpaired) electrons. The summed E-state index contributed by atoms with van der Waals surface area (Å²) >= 11 is 15.3. The zero-order valence-corrected chi connectivity index (χ0v) is 13.9. The van der Waals surface area contributed by atoms with E-state index in [1.54, 1.807) is 19.1 Å². The molecule has 0 atom stereocenters. The van der Waals surface area contributed by atoms with Crippen LogP contribution in [0.1, 0.15) is 18.1 Å². The topological polar surface area (TPSA) is 54.9 Å². The fourth-order valence-electron chi connectivity index (χ4n) is 1.88. The highest BCUT2D eigenvalue weighted by Gasteiger charge is 2.15. The summed E-state index contributed by atoms with van der Waals surface area (Å²) in [4.78, 5) is 26.9. The highest BCUT2D eigenvalue weighted by molar-refractivity contribution is 9.10. The van der Waals surface area contributed by atoms with E-state index >= 15 is 0 Å². The smallest absolute Gasteiger partial charge is 0.297 e. The minimum absolute atomic E-state index is 0.0769. The van der Waals surface area contributed by atoms with Crippen LogP contribution >= 0.6 is 39.1 Å². The van der Waals surface area contributed by atoms with Gasteiger partial charge in [-0.15, -0.1) is 0 Å². The number of hydrogen-bond donors (Lipinski definition) is 1. The van der Waals surface area contributed by atoms with Gasteiger partial charge in [-0.05, 0) is 47.0 Å². The Morgan fingerprint density at radius 2 is 1.95 bits per heavy atom. The molecular formula is C13H11BrCl2N2O2. The average Bonchev–Trinajstić information content (AvgIpc) is 2.35. The first-order chi connectivity index (χ1) is 9.36. The molecule has 1 N–H and O–H groups in total. The van der Waals surface area contributed by atoms with Gasteiger partial charge in [0.1, 0.15) is 5.15 Å². The highest BCUT2D eigenvalue weighted by Crippen LogP contribution is 2.26. The van der Waals surface area contributed by atoms with Crippen molar-refractivity contribution >= 4 is 39.1 Å². The Morgan fingerprint density at radius 1 is 1.30 bits per heavy atom. The average molecular weight is 378 g/mol. The van der Waals surface area contributed by atoms with Gasteiger partial charge in [0.05, 0.1) is 11.3 Å². The third kappa shape index (κ3) is 2.57. The quantitative estimate of drug-likeness (QED) is 0.814. The van der Waals surface area contributed by atoms with Crippen LogP contribution in [0.2, 0.25) is 10.2 Å². The van der Waals surface area contributed by atoms with Crippen LogP contribution in [0.5, 0.6) is 0 Å². The number of nitrogens with zero attached hydrogens (tertiary/aromatic N) is 1. The van der Waals surface area contributed by atoms with E-state index in [1.165, 1.54) is 0 Å². The van der Waals surface area contributed by atoms with E-state index in [1.807, 2.05) is 6.92 Å². The number of halogens is 3. The van der Waals surface area contributed by atoms with Gasteiger partial charge in [0.2, 0.25) is 0 Å². The summed E-state index contributed by atoms with van der Waals surface area (Å²) in [6.45, 7) is 3.63. The molecule has 106 valence electrons. The predicted molar refractivity (Wildman–Crippen MR) is 84.5 cm³/mol. The molecule has 4 nitrogen and oxygen atoms in total. The van der Waals surface area contributed by atoms with Crippen molar-refractivity contribution in [2.24, 2.45) is 0 Å². The molecule has 0 unspecified atom stereocenters. The molecule has 0 aliphatic heterocycles. The maximum absolute atomic E-state index is 12.4. The molecule has 0 fully saturated rings. The van der Waals surface area contributed by atoms with Crippen molar-refractivity contribution in [1.29, 1.82) is 0 Å². The van der Waals surface area contributed by atoms with E-state index in [-0.39, 0.29) is 5.15 Å². The van der Waals surface area contributed by atoms with Gasteiger partial charge >= 0.3 is 5.69 Å². The Labute approximate surface area is 133 Å². The Kier molecular flexibility index (Phi) is 4.42. The number of aromatic amines is 1. The van der Waals surface area contributed by atoms with Gasteiger partial charge < -0.3 is 0 Å². The maximum Gasteiger partial charge on any atom is 0.334 e. The molecule has 0 saturated carbocycles. The van der Waals surface area contributed by atoms with Crippen molar-refractivity contribution in [3.63, 3.8) is 0 Å². The van der Waals surface area contributed by atoms with Crippen LogP contribution in [0.3, 0.4) is 0 Å². The molecule has 0 saturated heterocycles. The Bertz CT molecular complexity index is 796. The predicted octanol–water partition coefficient (Wildman–Crippen LogP) is 3.47. The lowest BCUT2D eigenvalue weighted by Crippen LogP contribution is -2.36. The van der Waals surface area contributed by atoms with Crippen LogP contribution in [0.4, 0.5) is 0 Å². The van der Waals surface area contributed by atoms with E-state index < -0.39 is 11.2 Å². The molecule has 2 aromatic rings. The van der Waals surface area contributed by atoms with Crippen LogP contribution in [0, 0.1) is 6.92 Å². The second-order valence-corrected chi connectivity index (χ2v) is 5.91. The molecular weight excluding hydrogens is 367 g/mol. The van der Waals surface area contributed by atoms with E-state index in [2.05, 4.69) is 20.9 Å². The summed E-state index contributed by atoms with van der Waals surface area (Å²) in [5, 5.41) is 0.551. The molecule has 1 heterocycles. The maximum atomic E-state index is 12.4. The molecule has 2 rings (SSSR count). The van der Waals surface area contributed by atoms with Crippen LogP contribution in [0.25, 0.3) is 5.69 Å². The van der Waals surface area contributed by atoms with Gasteiger partial charge in [-0.2, -0.15) is 0 Å². The van der Waals surface area contributed by atoms with Gasteiger partial charge in [-0.3, -0.25) is 9.78 Å². The standard InChI is InChI=1S/C13H11BrCl2N2O2/c1-3-7-11(16)17-13(20)18(12(7)19)10-5-9(15)6(2)4-8(10)14/h4-5H,3H2,1-2H3,(H,17,20). The van der Waals surface area contributed by atoms with Crippen molar-refractivity contribution in [2.45, 2.75) is 20.3 Å². The number of aryl methyl sites for hydroxylation is 1. The second-order valence-electron chi connectivity index (χ2n) is 4.27. The second kappa shape index (κ2) is 5.76. The van der Waals surface area contributed by atoms with Crippen molar-refractivity contribution < 1.29 is 0 Å². The number of H-pyrrole nitrogens is 1. The van der Waals surface area contributed by atoms with Crippen molar-refractivity contribution in [2.75, 3.05) is 0 Å². The van der Waals surface area contributed by atoms with Crippen LogP contribution in [-0.4, -0.2) is 9.55 Å². The number of hydrogen-bond acceptors (Lipinski definition) is 2. The lowest BCUT2D eigenvalue weighted by Gasteiger charge is -2.11. The van der Waals surface area contributed by atoms with Gasteiger partial charge in [0.25, 0.3) is 5.56 Å². The zero-order valence-electron chi connectivity index (χ0n) is 10.8. The first kappa shape index (κ1) is 15.4. The Morgan fingerprint density at radius 3 is 2.55 bits per heavy atom. The first-order valence-electron chi connectivity index (χ1n) is 5.86. The molecule has 0 aliphatic rings. The van der Waals surface area contributed by atoms with E-state index in [0.717, 1.165) is 10.1 Å². The number of nitrogens with one attached hydrogen (secondary N) is 1. The molecule has 0 aliphatic carbocycles. The molecule has 1 aromatic heterocycles. The van der Waals surface area contributed by atoms with E-state index in [9.17, 15) is 9.59 Å². The van der Waals surface area contributed by atoms with Crippen molar-refractivity contribution in [1.82, 2.24) is 9.55 Å². The summed E-state index contributed by atoms with van der Waals surface area (Å²) < 4.78 is 1.64. The van der Waals surface area contributed by atoms with Crippen molar-refractivity contribution in [3.8, 4) is 5.69 Å². The number of rotatable bonds is 2. The van der Waals surface area contributed by atoms with Gasteiger partial charge in [0.15, 0.2) is 0 Å². The molecule has 1 aromatic carbocycles. The summed E-state index contributed by atoms with van der Waals surface area (Å²) in [5.41, 5.74) is 0.546. The molecule has 7 heteroatoms. The molecule has 20 heavy (non-hydrogen) atoms. The summed E-state index contributed by atoms with van der Waals surface area (Å²) in [6.07, 6.45) is 0.422. The molecule has 0 spiro atoms. The van der Waals surface area contributed by atoms with Crippen LogP contribution in [0.15, 0.2) is 26.2 Å². The highest BCUT2D eigenvalue weighted by atomic mass is 79.9. The third-order valence-electron chi connectivity index (χ3n) is 2.97. The zero-order chi connectivity index (χ0) is 15.0. The lowest BCUT2D eigenvalue weighted by molar-refractivity contribution is 0.839. The SMILES string of the molecule is CCc1c(Cl)[nH]c(=O)n(-c2cc(Cl)c(C)cc2Br)c1=O.